The maximum Gasteiger partial charge on any atom is 0.149 e. The molecule has 2 aromatic heterocycles. The molecule has 0 saturated carbocycles. The minimum atomic E-state index is 0.317. The summed E-state index contributed by atoms with van der Waals surface area (Å²) in [4.78, 5) is 15.6. The van der Waals surface area contributed by atoms with Crippen molar-refractivity contribution >= 4 is 34.8 Å². The summed E-state index contributed by atoms with van der Waals surface area (Å²) in [6, 6.07) is 10.4. The van der Waals surface area contributed by atoms with Gasteiger partial charge in [-0.25, -0.2) is 9.97 Å². The molecular formula is C17H15Cl3N4. The molecule has 1 atom stereocenters. The number of halogens is 3. The topological polar surface area (TPSA) is 51.6 Å². The third kappa shape index (κ3) is 6.40. The lowest BCUT2D eigenvalue weighted by Crippen LogP contribution is -2.01. The number of hydrogen-bond acceptors (Lipinski definition) is 4. The van der Waals surface area contributed by atoms with Crippen LogP contribution < -0.4 is 0 Å². The Morgan fingerprint density at radius 3 is 1.83 bits per heavy atom. The highest BCUT2D eigenvalue weighted by Crippen LogP contribution is 2.19. The first-order chi connectivity index (χ1) is 11.5. The molecule has 0 spiro atoms. The highest BCUT2D eigenvalue weighted by Gasteiger charge is 2.07. The predicted octanol–water partition coefficient (Wildman–Crippen LogP) is 5.26. The van der Waals surface area contributed by atoms with Crippen molar-refractivity contribution in [3.8, 4) is 0 Å². The fraction of sp³-hybridized carbons (Fsp3) is 0.176. The summed E-state index contributed by atoms with van der Waals surface area (Å²) in [6.45, 7) is 2.18. The molecule has 3 rings (SSSR count). The van der Waals surface area contributed by atoms with E-state index in [1.165, 1.54) is 18.0 Å². The first-order valence-corrected chi connectivity index (χ1v) is 8.32. The van der Waals surface area contributed by atoms with E-state index in [2.05, 4.69) is 51.1 Å². The first-order valence-electron chi connectivity index (χ1n) is 7.19. The van der Waals surface area contributed by atoms with Gasteiger partial charge in [0.2, 0.25) is 0 Å². The second-order valence-electron chi connectivity index (χ2n) is 5.01. The third-order valence-electron chi connectivity index (χ3n) is 3.11. The zero-order chi connectivity index (χ0) is 17.4. The van der Waals surface area contributed by atoms with Gasteiger partial charge in [-0.3, -0.25) is 9.97 Å². The summed E-state index contributed by atoms with van der Waals surface area (Å²) < 4.78 is 0. The Morgan fingerprint density at radius 1 is 0.792 bits per heavy atom. The molecule has 0 radical (unpaired) electrons. The maximum atomic E-state index is 5.80. The molecule has 24 heavy (non-hydrogen) atoms. The second-order valence-corrected chi connectivity index (χ2v) is 6.18. The Morgan fingerprint density at radius 2 is 1.33 bits per heavy atom. The van der Waals surface area contributed by atoms with Crippen LogP contribution in [0.2, 0.25) is 15.5 Å². The second kappa shape index (κ2) is 9.52. The smallest absolute Gasteiger partial charge is 0.149 e. The highest BCUT2D eigenvalue weighted by molar-refractivity contribution is 6.32. The van der Waals surface area contributed by atoms with E-state index in [4.69, 9.17) is 34.8 Å². The SMILES string of the molecule is C[C@@H](Cc1cncc(Cl)n1)c1ccccc1.Clc1cncc(Cl)n1. The van der Waals surface area contributed by atoms with Crippen molar-refractivity contribution in [2.45, 2.75) is 19.3 Å². The molecule has 0 amide bonds. The van der Waals surface area contributed by atoms with Crippen LogP contribution >= 0.6 is 34.8 Å². The summed E-state index contributed by atoms with van der Waals surface area (Å²) in [7, 11) is 0. The predicted molar refractivity (Wildman–Crippen MR) is 97.7 cm³/mol. The van der Waals surface area contributed by atoms with Gasteiger partial charge in [0, 0.05) is 6.20 Å². The maximum absolute atomic E-state index is 5.80. The summed E-state index contributed by atoms with van der Waals surface area (Å²) >= 11 is 16.6. The Bertz CT molecular complexity index is 751. The van der Waals surface area contributed by atoms with Gasteiger partial charge in [0.15, 0.2) is 0 Å². The molecule has 0 aliphatic carbocycles. The Balaban J connectivity index is 0.000000219. The van der Waals surface area contributed by atoms with Crippen molar-refractivity contribution in [3.05, 3.63) is 81.8 Å². The van der Waals surface area contributed by atoms with Gasteiger partial charge in [-0.05, 0) is 17.9 Å². The molecule has 0 aliphatic heterocycles. The fourth-order valence-electron chi connectivity index (χ4n) is 2.01. The average Bonchev–Trinajstić information content (AvgIpc) is 2.56. The number of hydrogen-bond donors (Lipinski definition) is 0. The summed E-state index contributed by atoms with van der Waals surface area (Å²) in [5, 5.41) is 1.09. The van der Waals surface area contributed by atoms with Gasteiger partial charge in [0.25, 0.3) is 0 Å². The van der Waals surface area contributed by atoms with Crippen molar-refractivity contribution in [1.29, 1.82) is 0 Å². The standard InChI is InChI=1S/C13H13ClN2.C4H2Cl2N2/c1-10(11-5-3-2-4-6-11)7-12-8-15-9-13(14)16-12;5-3-1-7-2-4(6)8-3/h2-6,8-10H,7H2,1H3;1-2H/t10-;/m0./s1. The molecule has 0 bridgehead atoms. The van der Waals surface area contributed by atoms with E-state index in [-0.39, 0.29) is 0 Å². The van der Waals surface area contributed by atoms with Gasteiger partial charge in [-0.15, -0.1) is 0 Å². The minimum absolute atomic E-state index is 0.317. The van der Waals surface area contributed by atoms with Gasteiger partial charge in [0.05, 0.1) is 24.3 Å². The minimum Gasteiger partial charge on any atom is -0.260 e. The number of aromatic nitrogens is 4. The van der Waals surface area contributed by atoms with E-state index in [1.54, 1.807) is 12.4 Å². The molecule has 4 nitrogen and oxygen atoms in total. The van der Waals surface area contributed by atoms with E-state index in [9.17, 15) is 0 Å². The molecular weight excluding hydrogens is 367 g/mol. The van der Waals surface area contributed by atoms with Crippen LogP contribution in [0.3, 0.4) is 0 Å². The van der Waals surface area contributed by atoms with E-state index in [0.717, 1.165) is 12.1 Å². The number of benzene rings is 1. The van der Waals surface area contributed by atoms with E-state index in [1.807, 2.05) is 6.07 Å². The van der Waals surface area contributed by atoms with E-state index in [0.29, 0.717) is 21.4 Å². The zero-order valence-corrected chi connectivity index (χ0v) is 15.2. The van der Waals surface area contributed by atoms with Crippen molar-refractivity contribution in [2.24, 2.45) is 0 Å². The summed E-state index contributed by atoms with van der Waals surface area (Å²) in [5.74, 6) is 0.425. The number of nitrogens with zero attached hydrogens (tertiary/aromatic N) is 4. The Hall–Kier alpha value is -1.75. The average molecular weight is 382 g/mol. The molecule has 3 aromatic rings. The van der Waals surface area contributed by atoms with Crippen molar-refractivity contribution in [3.63, 3.8) is 0 Å². The molecule has 0 unspecified atom stereocenters. The van der Waals surface area contributed by atoms with Crippen LogP contribution in [0.15, 0.2) is 55.1 Å². The Labute approximate surface area is 155 Å². The lowest BCUT2D eigenvalue weighted by atomic mass is 9.96. The largest absolute Gasteiger partial charge is 0.260 e. The van der Waals surface area contributed by atoms with Gasteiger partial charge >= 0.3 is 0 Å². The van der Waals surface area contributed by atoms with Gasteiger partial charge in [0.1, 0.15) is 15.5 Å². The normalized spacial score (nSPS) is 11.3. The number of rotatable bonds is 3. The van der Waals surface area contributed by atoms with Crippen LogP contribution in [0.1, 0.15) is 24.1 Å². The van der Waals surface area contributed by atoms with Gasteiger partial charge < -0.3 is 0 Å². The van der Waals surface area contributed by atoms with Crippen LogP contribution in [-0.4, -0.2) is 19.9 Å². The molecule has 0 aliphatic rings. The molecule has 0 fully saturated rings. The van der Waals surface area contributed by atoms with Crippen LogP contribution in [0.5, 0.6) is 0 Å². The molecule has 1 aromatic carbocycles. The zero-order valence-electron chi connectivity index (χ0n) is 12.9. The lowest BCUT2D eigenvalue weighted by molar-refractivity contribution is 0.736. The first kappa shape index (κ1) is 18.6. The monoisotopic (exact) mass is 380 g/mol. The quantitative estimate of drug-likeness (QED) is 0.621. The van der Waals surface area contributed by atoms with Crippen molar-refractivity contribution in [1.82, 2.24) is 19.9 Å². The van der Waals surface area contributed by atoms with Crippen molar-refractivity contribution < 1.29 is 0 Å². The lowest BCUT2D eigenvalue weighted by Gasteiger charge is -2.10. The van der Waals surface area contributed by atoms with Crippen molar-refractivity contribution in [2.75, 3.05) is 0 Å². The summed E-state index contributed by atoms with van der Waals surface area (Å²) in [6.07, 6.45) is 7.03. The molecule has 7 heteroatoms. The summed E-state index contributed by atoms with van der Waals surface area (Å²) in [5.41, 5.74) is 2.24. The molecule has 0 saturated heterocycles. The molecule has 124 valence electrons. The van der Waals surface area contributed by atoms with E-state index >= 15 is 0 Å². The third-order valence-corrected chi connectivity index (χ3v) is 3.66. The van der Waals surface area contributed by atoms with Gasteiger partial charge in [-0.2, -0.15) is 0 Å². The highest BCUT2D eigenvalue weighted by atomic mass is 35.5. The van der Waals surface area contributed by atoms with Gasteiger partial charge in [-0.1, -0.05) is 72.1 Å². The van der Waals surface area contributed by atoms with Crippen LogP contribution in [0, 0.1) is 0 Å². The van der Waals surface area contributed by atoms with Crippen LogP contribution in [-0.2, 0) is 6.42 Å². The Kier molecular flexibility index (Phi) is 7.37. The molecule has 0 N–H and O–H groups in total. The molecule has 2 heterocycles. The van der Waals surface area contributed by atoms with Crippen LogP contribution in [0.25, 0.3) is 0 Å². The van der Waals surface area contributed by atoms with E-state index < -0.39 is 0 Å². The fourth-order valence-corrected chi connectivity index (χ4v) is 2.51. The van der Waals surface area contributed by atoms with Crippen LogP contribution in [0.4, 0.5) is 0 Å².